The Morgan fingerprint density at radius 1 is 1.14 bits per heavy atom. The van der Waals surface area contributed by atoms with Crippen molar-refractivity contribution in [2.24, 2.45) is 0 Å². The molecule has 1 aliphatic rings. The minimum absolute atomic E-state index is 0.372. The maximum atomic E-state index is 10.2. The smallest absolute Gasteiger partial charge is 0.0839 e. The Labute approximate surface area is 125 Å². The summed E-state index contributed by atoms with van der Waals surface area (Å²) in [5.41, 5.74) is 3.82. The van der Waals surface area contributed by atoms with Gasteiger partial charge in [0.15, 0.2) is 0 Å². The van der Waals surface area contributed by atoms with Crippen LogP contribution in [0.15, 0.2) is 48.8 Å². The topological polar surface area (TPSA) is 48.4 Å². The quantitative estimate of drug-likeness (QED) is 0.880. The fraction of sp³-hybridized carbons (Fsp3) is 0.353. The van der Waals surface area contributed by atoms with Crippen LogP contribution in [0.5, 0.6) is 0 Å². The van der Waals surface area contributed by atoms with E-state index in [1.165, 1.54) is 11.1 Å². The number of hydrogen-bond acceptors (Lipinski definition) is 4. The molecule has 1 unspecified atom stereocenters. The van der Waals surface area contributed by atoms with Gasteiger partial charge in [-0.1, -0.05) is 24.3 Å². The zero-order chi connectivity index (χ0) is 14.5. The van der Waals surface area contributed by atoms with Crippen LogP contribution in [0.3, 0.4) is 0 Å². The van der Waals surface area contributed by atoms with E-state index in [0.717, 1.165) is 25.2 Å². The van der Waals surface area contributed by atoms with Gasteiger partial charge in [-0.15, -0.1) is 0 Å². The van der Waals surface area contributed by atoms with Gasteiger partial charge in [0.2, 0.25) is 0 Å². The number of β-amino-alcohol motifs (C(OH)–C–C–N with tert-alkyl or cyclic N) is 1. The second-order valence-corrected chi connectivity index (χ2v) is 5.52. The van der Waals surface area contributed by atoms with E-state index in [1.54, 1.807) is 12.4 Å². The van der Waals surface area contributed by atoms with Crippen molar-refractivity contribution in [3.8, 4) is 0 Å². The Balaban J connectivity index is 1.49. The average Bonchev–Trinajstić information content (AvgIpc) is 2.54. The van der Waals surface area contributed by atoms with Crippen molar-refractivity contribution in [1.29, 1.82) is 0 Å². The molecule has 3 rings (SSSR count). The van der Waals surface area contributed by atoms with Crippen molar-refractivity contribution in [2.45, 2.75) is 19.1 Å². The second kappa shape index (κ2) is 6.70. The fourth-order valence-electron chi connectivity index (χ4n) is 2.78. The summed E-state index contributed by atoms with van der Waals surface area (Å²) in [6.07, 6.45) is 4.19. The predicted octanol–water partition coefficient (Wildman–Crippen LogP) is 1.91. The molecular weight excluding hydrogens is 262 g/mol. The minimum Gasteiger partial charge on any atom is -0.390 e. The van der Waals surface area contributed by atoms with Gasteiger partial charge in [-0.3, -0.25) is 9.88 Å². The summed E-state index contributed by atoms with van der Waals surface area (Å²) in [5.74, 6) is 0. The Hall–Kier alpha value is -1.91. The maximum Gasteiger partial charge on any atom is 0.0839 e. The van der Waals surface area contributed by atoms with Gasteiger partial charge in [0.1, 0.15) is 0 Å². The largest absolute Gasteiger partial charge is 0.390 e. The highest BCUT2D eigenvalue weighted by molar-refractivity contribution is 5.40. The summed E-state index contributed by atoms with van der Waals surface area (Å²) < 4.78 is 0. The first kappa shape index (κ1) is 14.0. The van der Waals surface area contributed by atoms with Gasteiger partial charge in [0.25, 0.3) is 0 Å². The lowest BCUT2D eigenvalue weighted by Gasteiger charge is -2.30. The number of pyridine rings is 1. The molecule has 0 bridgehead atoms. The van der Waals surface area contributed by atoms with Crippen molar-refractivity contribution in [3.05, 3.63) is 59.9 Å². The summed E-state index contributed by atoms with van der Waals surface area (Å²) in [5, 5.41) is 13.4. The third kappa shape index (κ3) is 3.80. The first-order valence-electron chi connectivity index (χ1n) is 7.42. The molecule has 4 heteroatoms. The molecular formula is C17H21N3O. The molecule has 2 aromatic rings. The molecule has 4 nitrogen and oxygen atoms in total. The molecule has 110 valence electrons. The van der Waals surface area contributed by atoms with Crippen LogP contribution in [0.1, 0.15) is 11.1 Å². The summed E-state index contributed by atoms with van der Waals surface area (Å²) >= 11 is 0. The van der Waals surface area contributed by atoms with E-state index >= 15 is 0 Å². The molecule has 0 radical (unpaired) electrons. The molecule has 2 N–H and O–H groups in total. The monoisotopic (exact) mass is 283 g/mol. The molecule has 1 atom stereocenters. The van der Waals surface area contributed by atoms with Gasteiger partial charge in [-0.05, 0) is 29.7 Å². The molecule has 2 heterocycles. The summed E-state index contributed by atoms with van der Waals surface area (Å²) in [7, 11) is 0. The van der Waals surface area contributed by atoms with Crippen LogP contribution >= 0.6 is 0 Å². The number of nitrogens with one attached hydrogen (secondary N) is 1. The summed E-state index contributed by atoms with van der Waals surface area (Å²) in [6, 6.07) is 12.4. The van der Waals surface area contributed by atoms with E-state index in [9.17, 15) is 5.11 Å². The number of hydrogen-bond donors (Lipinski definition) is 2. The van der Waals surface area contributed by atoms with E-state index in [0.29, 0.717) is 13.1 Å². The molecule has 0 amide bonds. The van der Waals surface area contributed by atoms with Gasteiger partial charge in [-0.25, -0.2) is 0 Å². The molecule has 1 aromatic carbocycles. The number of aromatic nitrogens is 1. The fourth-order valence-corrected chi connectivity index (χ4v) is 2.78. The highest BCUT2D eigenvalue weighted by Crippen LogP contribution is 2.18. The second-order valence-electron chi connectivity index (χ2n) is 5.52. The molecule has 1 aromatic heterocycles. The van der Waals surface area contributed by atoms with Crippen LogP contribution in [0.2, 0.25) is 0 Å². The third-order valence-electron chi connectivity index (χ3n) is 3.90. The van der Waals surface area contributed by atoms with Crippen LogP contribution in [0.25, 0.3) is 0 Å². The molecule has 0 fully saturated rings. The van der Waals surface area contributed by atoms with Crippen LogP contribution in [-0.2, 0) is 13.0 Å². The van der Waals surface area contributed by atoms with E-state index in [1.807, 2.05) is 12.1 Å². The number of nitrogens with zero attached hydrogens (tertiary/aromatic N) is 2. The first-order chi connectivity index (χ1) is 10.3. The van der Waals surface area contributed by atoms with Gasteiger partial charge in [0, 0.05) is 44.3 Å². The van der Waals surface area contributed by atoms with E-state index in [2.05, 4.69) is 39.5 Å². The summed E-state index contributed by atoms with van der Waals surface area (Å²) in [6.45, 7) is 3.21. The highest BCUT2D eigenvalue weighted by Gasteiger charge is 2.18. The van der Waals surface area contributed by atoms with Crippen molar-refractivity contribution in [1.82, 2.24) is 9.88 Å². The van der Waals surface area contributed by atoms with E-state index in [-0.39, 0.29) is 6.10 Å². The van der Waals surface area contributed by atoms with Crippen molar-refractivity contribution in [3.63, 3.8) is 0 Å². The Morgan fingerprint density at radius 3 is 2.71 bits per heavy atom. The molecule has 0 saturated carbocycles. The van der Waals surface area contributed by atoms with Crippen molar-refractivity contribution >= 4 is 5.69 Å². The van der Waals surface area contributed by atoms with Gasteiger partial charge < -0.3 is 10.4 Å². The zero-order valence-electron chi connectivity index (χ0n) is 12.1. The van der Waals surface area contributed by atoms with Gasteiger partial charge in [0.05, 0.1) is 6.10 Å². The SMILES string of the molecule is OC(CNc1ccncc1)CN1CCc2ccccc2C1. The molecule has 1 aliphatic heterocycles. The molecule has 0 aliphatic carbocycles. The van der Waals surface area contributed by atoms with Crippen LogP contribution < -0.4 is 5.32 Å². The van der Waals surface area contributed by atoms with Crippen LogP contribution in [0.4, 0.5) is 5.69 Å². The van der Waals surface area contributed by atoms with Crippen molar-refractivity contribution in [2.75, 3.05) is 25.0 Å². The number of aliphatic hydroxyl groups excluding tert-OH is 1. The van der Waals surface area contributed by atoms with Gasteiger partial charge >= 0.3 is 0 Å². The van der Waals surface area contributed by atoms with Crippen LogP contribution in [0, 0.1) is 0 Å². The molecule has 0 saturated heterocycles. The number of rotatable bonds is 5. The first-order valence-corrected chi connectivity index (χ1v) is 7.42. The standard InChI is InChI=1S/C17H21N3O/c21-17(11-19-16-5-8-18-9-6-16)13-20-10-7-14-3-1-2-4-15(14)12-20/h1-6,8-9,17,21H,7,10-13H2,(H,18,19). The lowest BCUT2D eigenvalue weighted by molar-refractivity contribution is 0.114. The van der Waals surface area contributed by atoms with Gasteiger partial charge in [-0.2, -0.15) is 0 Å². The predicted molar refractivity (Wildman–Crippen MR) is 84.2 cm³/mol. The number of benzene rings is 1. The zero-order valence-corrected chi connectivity index (χ0v) is 12.1. The molecule has 0 spiro atoms. The van der Waals surface area contributed by atoms with E-state index < -0.39 is 0 Å². The third-order valence-corrected chi connectivity index (χ3v) is 3.90. The Morgan fingerprint density at radius 2 is 1.90 bits per heavy atom. The molecule has 21 heavy (non-hydrogen) atoms. The van der Waals surface area contributed by atoms with Crippen molar-refractivity contribution < 1.29 is 5.11 Å². The minimum atomic E-state index is -0.372. The van der Waals surface area contributed by atoms with Crippen LogP contribution in [-0.4, -0.2) is 40.7 Å². The van der Waals surface area contributed by atoms with E-state index in [4.69, 9.17) is 0 Å². The number of fused-ring (bicyclic) bond motifs is 1. The number of aliphatic hydroxyl groups is 1. The lowest BCUT2D eigenvalue weighted by atomic mass is 10.00. The Kier molecular flexibility index (Phi) is 4.48. The normalized spacial score (nSPS) is 16.2. The highest BCUT2D eigenvalue weighted by atomic mass is 16.3. The Bertz CT molecular complexity index is 573. The summed E-state index contributed by atoms with van der Waals surface area (Å²) in [4.78, 5) is 6.30. The average molecular weight is 283 g/mol. The number of anilines is 1. The lowest BCUT2D eigenvalue weighted by Crippen LogP contribution is -2.39. The maximum absolute atomic E-state index is 10.2.